The maximum absolute atomic E-state index is 11.6. The number of allylic oxidation sites excluding steroid dienone is 2. The number of hydrogen-bond acceptors (Lipinski definition) is 3. The van der Waals surface area contributed by atoms with Gasteiger partial charge in [0.05, 0.1) is 6.61 Å². The molecular formula is C20H30O4. The number of carboxylic acid groups (broad SMARTS) is 1. The predicted octanol–water partition coefficient (Wildman–Crippen LogP) is 3.75. The van der Waals surface area contributed by atoms with Crippen LogP contribution in [0.5, 0.6) is 0 Å². The number of aliphatic carboxylic acids is 1. The summed E-state index contributed by atoms with van der Waals surface area (Å²) in [5.74, 6) is -0.0651. The number of rotatable bonds is 6. The van der Waals surface area contributed by atoms with Gasteiger partial charge in [-0.15, -0.1) is 0 Å². The monoisotopic (exact) mass is 334 g/mol. The van der Waals surface area contributed by atoms with E-state index in [0.29, 0.717) is 23.8 Å². The molecule has 134 valence electrons. The van der Waals surface area contributed by atoms with Gasteiger partial charge in [-0.3, -0.25) is 4.79 Å². The van der Waals surface area contributed by atoms with E-state index in [1.807, 2.05) is 0 Å². The van der Waals surface area contributed by atoms with Crippen LogP contribution >= 0.6 is 0 Å². The Hall–Kier alpha value is -1.42. The van der Waals surface area contributed by atoms with E-state index >= 15 is 0 Å². The molecule has 0 spiro atoms. The van der Waals surface area contributed by atoms with Crippen molar-refractivity contribution in [2.45, 2.75) is 59.3 Å². The molecule has 0 unspecified atom stereocenters. The van der Waals surface area contributed by atoms with Gasteiger partial charge in [0.15, 0.2) is 0 Å². The number of aliphatic hydroxyl groups is 1. The Morgan fingerprint density at radius 1 is 1.38 bits per heavy atom. The predicted molar refractivity (Wildman–Crippen MR) is 93.5 cm³/mol. The molecule has 0 amide bonds. The second kappa shape index (κ2) is 7.22. The maximum atomic E-state index is 11.6. The van der Waals surface area contributed by atoms with E-state index in [1.165, 1.54) is 0 Å². The molecule has 0 aromatic carbocycles. The first-order valence-corrected chi connectivity index (χ1v) is 8.97. The Morgan fingerprint density at radius 3 is 2.67 bits per heavy atom. The molecular weight excluding hydrogens is 304 g/mol. The average Bonchev–Trinajstić information content (AvgIpc) is 2.55. The van der Waals surface area contributed by atoms with Crippen LogP contribution in [0, 0.1) is 22.7 Å². The zero-order chi connectivity index (χ0) is 18.0. The van der Waals surface area contributed by atoms with E-state index in [0.717, 1.165) is 50.0 Å². The second-order valence-electron chi connectivity index (χ2n) is 8.07. The molecule has 2 aliphatic carbocycles. The molecule has 0 aliphatic heterocycles. The van der Waals surface area contributed by atoms with Gasteiger partial charge in [0.1, 0.15) is 6.29 Å². The molecule has 0 aromatic heterocycles. The van der Waals surface area contributed by atoms with Gasteiger partial charge in [0, 0.05) is 6.08 Å². The zero-order valence-electron chi connectivity index (χ0n) is 15.0. The Bertz CT molecular complexity index is 562. The highest BCUT2D eigenvalue weighted by atomic mass is 16.4. The summed E-state index contributed by atoms with van der Waals surface area (Å²) in [6.07, 6.45) is 9.84. The van der Waals surface area contributed by atoms with Gasteiger partial charge in [0.25, 0.3) is 0 Å². The van der Waals surface area contributed by atoms with Crippen LogP contribution in [0.25, 0.3) is 0 Å². The lowest BCUT2D eigenvalue weighted by Gasteiger charge is -2.57. The van der Waals surface area contributed by atoms with Crippen molar-refractivity contribution < 1.29 is 19.8 Å². The standard InChI is InChI=1S/C20H30O4/c1-14-7-9-20(3)16(13-22)5-4-6-17(20)19(14,2)10-8-15(12-21)11-18(23)24/h5,11,13-14,17,21H,4,6-10,12H2,1-3H3,(H,23,24)/b15-11-/t14-,17-,19+,20+/m1/s1. The lowest BCUT2D eigenvalue weighted by Crippen LogP contribution is -2.50. The number of carboxylic acids is 1. The van der Waals surface area contributed by atoms with Crippen LogP contribution < -0.4 is 0 Å². The summed E-state index contributed by atoms with van der Waals surface area (Å²) in [6.45, 7) is 6.58. The third-order valence-corrected chi connectivity index (χ3v) is 6.91. The second-order valence-corrected chi connectivity index (χ2v) is 8.07. The molecule has 4 nitrogen and oxygen atoms in total. The van der Waals surface area contributed by atoms with Crippen LogP contribution in [0.2, 0.25) is 0 Å². The fraction of sp³-hybridized carbons (Fsp3) is 0.700. The fourth-order valence-corrected chi connectivity index (χ4v) is 5.13. The molecule has 4 atom stereocenters. The molecule has 0 bridgehead atoms. The van der Waals surface area contributed by atoms with Gasteiger partial charge in [-0.05, 0) is 72.3 Å². The molecule has 2 aliphatic rings. The van der Waals surface area contributed by atoms with Crippen molar-refractivity contribution in [3.8, 4) is 0 Å². The summed E-state index contributed by atoms with van der Waals surface area (Å²) < 4.78 is 0. The number of aldehydes is 1. The summed E-state index contributed by atoms with van der Waals surface area (Å²) in [6, 6.07) is 0. The summed E-state index contributed by atoms with van der Waals surface area (Å²) >= 11 is 0. The molecule has 0 heterocycles. The topological polar surface area (TPSA) is 74.6 Å². The molecule has 0 radical (unpaired) electrons. The number of carbonyl (C=O) groups excluding carboxylic acids is 1. The van der Waals surface area contributed by atoms with Crippen molar-refractivity contribution in [3.05, 3.63) is 23.3 Å². The average molecular weight is 334 g/mol. The van der Waals surface area contributed by atoms with Gasteiger partial charge in [-0.1, -0.05) is 26.8 Å². The van der Waals surface area contributed by atoms with Gasteiger partial charge >= 0.3 is 5.97 Å². The highest BCUT2D eigenvalue weighted by Gasteiger charge is 2.53. The summed E-state index contributed by atoms with van der Waals surface area (Å²) in [5.41, 5.74) is 1.49. The van der Waals surface area contributed by atoms with Crippen LogP contribution in [0.3, 0.4) is 0 Å². The molecule has 1 saturated carbocycles. The Balaban J connectivity index is 2.27. The molecule has 4 heteroatoms. The van der Waals surface area contributed by atoms with E-state index < -0.39 is 5.97 Å². The molecule has 1 fully saturated rings. The summed E-state index contributed by atoms with van der Waals surface area (Å²) in [5, 5.41) is 18.4. The zero-order valence-corrected chi connectivity index (χ0v) is 15.0. The quantitative estimate of drug-likeness (QED) is 0.573. The smallest absolute Gasteiger partial charge is 0.328 e. The summed E-state index contributed by atoms with van der Waals surface area (Å²) in [7, 11) is 0. The van der Waals surface area contributed by atoms with E-state index in [1.54, 1.807) is 0 Å². The van der Waals surface area contributed by atoms with Crippen LogP contribution in [-0.4, -0.2) is 29.1 Å². The summed E-state index contributed by atoms with van der Waals surface area (Å²) in [4.78, 5) is 22.5. The first-order chi connectivity index (χ1) is 11.3. The Kier molecular flexibility index (Phi) is 5.69. The van der Waals surface area contributed by atoms with E-state index in [-0.39, 0.29) is 17.4 Å². The number of fused-ring (bicyclic) bond motifs is 1. The van der Waals surface area contributed by atoms with Gasteiger partial charge in [-0.25, -0.2) is 4.79 Å². The Labute approximate surface area is 144 Å². The van der Waals surface area contributed by atoms with Gasteiger partial charge in [-0.2, -0.15) is 0 Å². The highest BCUT2D eigenvalue weighted by molar-refractivity contribution is 5.80. The van der Waals surface area contributed by atoms with E-state index in [2.05, 4.69) is 26.8 Å². The van der Waals surface area contributed by atoms with Crippen molar-refractivity contribution in [1.82, 2.24) is 0 Å². The minimum absolute atomic E-state index is 0.0439. The van der Waals surface area contributed by atoms with Crippen molar-refractivity contribution >= 4 is 12.3 Å². The van der Waals surface area contributed by atoms with Crippen molar-refractivity contribution in [3.63, 3.8) is 0 Å². The molecule has 0 saturated heterocycles. The van der Waals surface area contributed by atoms with Crippen molar-refractivity contribution in [1.29, 1.82) is 0 Å². The number of aliphatic hydroxyl groups excluding tert-OH is 1. The largest absolute Gasteiger partial charge is 0.478 e. The highest BCUT2D eigenvalue weighted by Crippen LogP contribution is 2.61. The minimum Gasteiger partial charge on any atom is -0.478 e. The van der Waals surface area contributed by atoms with E-state index in [4.69, 9.17) is 5.11 Å². The number of hydrogen-bond donors (Lipinski definition) is 2. The SMILES string of the molecule is C[C@@H]1CC[C@@]2(C)C(C=O)=CCC[C@@H]2[C@@]1(C)CC/C(=C/C(=O)O)CO. The molecule has 2 N–H and O–H groups in total. The minimum atomic E-state index is -1.01. The first kappa shape index (κ1) is 18.9. The fourth-order valence-electron chi connectivity index (χ4n) is 5.13. The van der Waals surface area contributed by atoms with Gasteiger partial charge in [0.2, 0.25) is 0 Å². The maximum Gasteiger partial charge on any atom is 0.328 e. The van der Waals surface area contributed by atoms with Crippen molar-refractivity contribution in [2.75, 3.05) is 6.61 Å². The normalized spacial score (nSPS) is 36.7. The Morgan fingerprint density at radius 2 is 2.08 bits per heavy atom. The van der Waals surface area contributed by atoms with Crippen LogP contribution in [0.1, 0.15) is 59.3 Å². The third kappa shape index (κ3) is 3.34. The van der Waals surface area contributed by atoms with E-state index in [9.17, 15) is 14.7 Å². The van der Waals surface area contributed by atoms with Crippen LogP contribution in [0.15, 0.2) is 23.3 Å². The van der Waals surface area contributed by atoms with Crippen molar-refractivity contribution in [2.24, 2.45) is 22.7 Å². The lowest BCUT2D eigenvalue weighted by atomic mass is 9.47. The third-order valence-electron chi connectivity index (χ3n) is 6.91. The van der Waals surface area contributed by atoms with Crippen LogP contribution in [-0.2, 0) is 9.59 Å². The molecule has 24 heavy (non-hydrogen) atoms. The lowest BCUT2D eigenvalue weighted by molar-refractivity contribution is -0.131. The number of carbonyl (C=O) groups is 2. The van der Waals surface area contributed by atoms with Crippen LogP contribution in [0.4, 0.5) is 0 Å². The molecule has 0 aromatic rings. The van der Waals surface area contributed by atoms with Gasteiger partial charge < -0.3 is 10.2 Å². The first-order valence-electron chi connectivity index (χ1n) is 8.97. The molecule has 2 rings (SSSR count).